The van der Waals surface area contributed by atoms with E-state index < -0.39 is 13.0 Å². The number of hydrogen-bond acceptors (Lipinski definition) is 1. The summed E-state index contributed by atoms with van der Waals surface area (Å²) in [6.45, 7) is 4.63. The molecule has 12 heavy (non-hydrogen) atoms. The molecule has 0 saturated heterocycles. The zero-order chi connectivity index (χ0) is 8.81. The van der Waals surface area contributed by atoms with Crippen molar-refractivity contribution in [2.45, 2.75) is 29.3 Å². The molecule has 1 aromatic rings. The fourth-order valence-corrected chi connectivity index (χ4v) is 5.38. The van der Waals surface area contributed by atoms with Crippen LogP contribution in [-0.2, 0) is 0 Å². The molecule has 1 rings (SSSR count). The zero-order valence-corrected chi connectivity index (χ0v) is 9.76. The molecule has 0 aromatic heterocycles. The van der Waals surface area contributed by atoms with Crippen LogP contribution in [0.1, 0.15) is 13.8 Å². The second kappa shape index (κ2) is 5.70. The van der Waals surface area contributed by atoms with Crippen molar-refractivity contribution < 1.29 is 0 Å². The first-order valence-corrected chi connectivity index (χ1v) is 8.51. The lowest BCUT2D eigenvalue weighted by atomic mass is 10.4. The number of hydrogen-bond donors (Lipinski definition) is 0. The van der Waals surface area contributed by atoms with Crippen LogP contribution in [0, 0.1) is 0 Å². The molecule has 0 spiro atoms. The smallest absolute Gasteiger partial charge is 0.224 e. The van der Waals surface area contributed by atoms with Crippen molar-refractivity contribution in [1.29, 1.82) is 0 Å². The van der Waals surface area contributed by atoms with Crippen LogP contribution in [0.3, 0.4) is 0 Å². The molecule has 0 aliphatic carbocycles. The van der Waals surface area contributed by atoms with Crippen molar-refractivity contribution in [3.63, 3.8) is 0 Å². The quantitative estimate of drug-likeness (QED) is 0.657. The van der Waals surface area contributed by atoms with Gasteiger partial charge < -0.3 is 0 Å². The minimum absolute atomic E-state index is 0.502. The van der Waals surface area contributed by atoms with Crippen LogP contribution in [0.2, 0.25) is 10.6 Å². The average Bonchev–Trinajstić information content (AvgIpc) is 2.16. The van der Waals surface area contributed by atoms with Gasteiger partial charge in [-0.15, -0.1) is 0 Å². The monoisotopic (exact) mass is 194 g/mol. The minimum Gasteiger partial charge on any atom is -0.224 e. The van der Waals surface area contributed by atoms with Crippen molar-refractivity contribution in [2.24, 2.45) is 0 Å². The Morgan fingerprint density at radius 1 is 1.08 bits per heavy atom. The second-order valence-electron chi connectivity index (χ2n) is 2.87. The Hall–Kier alpha value is 0.102. The first kappa shape index (κ1) is 10.2. The van der Waals surface area contributed by atoms with E-state index in [0.717, 1.165) is 0 Å². The summed E-state index contributed by atoms with van der Waals surface area (Å²) in [4.78, 5) is 1.46. The van der Waals surface area contributed by atoms with E-state index in [1.165, 1.54) is 15.5 Å². The van der Waals surface area contributed by atoms with Crippen molar-refractivity contribution in [3.05, 3.63) is 30.3 Å². The summed E-state index contributed by atoms with van der Waals surface area (Å²) in [5, 5.41) is 2.80. The fourth-order valence-electron chi connectivity index (χ4n) is 1.15. The Morgan fingerprint density at radius 3 is 2.17 bits per heavy atom. The lowest BCUT2D eigenvalue weighted by Crippen LogP contribution is -2.02. The molecule has 0 N–H and O–H groups in total. The first-order chi connectivity index (χ1) is 5.86. The van der Waals surface area contributed by atoms with Crippen LogP contribution in [-0.4, -0.2) is 13.0 Å². The highest BCUT2D eigenvalue weighted by atomic mass is 32.3. The third-order valence-corrected chi connectivity index (χ3v) is 8.47. The molecule has 0 bridgehead atoms. The summed E-state index contributed by atoms with van der Waals surface area (Å²) in [5.74, 6) is 0. The van der Waals surface area contributed by atoms with E-state index in [0.29, 0.717) is 0 Å². The Kier molecular flexibility index (Phi) is 4.84. The van der Waals surface area contributed by atoms with E-state index >= 15 is 0 Å². The van der Waals surface area contributed by atoms with E-state index in [1.54, 1.807) is 0 Å². The van der Waals surface area contributed by atoms with Gasteiger partial charge in [0.05, 0.1) is 0 Å². The Labute approximate surface area is 82.8 Å². The van der Waals surface area contributed by atoms with Gasteiger partial charge in [0.25, 0.3) is 0 Å². The maximum atomic E-state index is 2.32. The van der Waals surface area contributed by atoms with Crippen molar-refractivity contribution in [3.8, 4) is 0 Å². The molecule has 0 aliphatic heterocycles. The molecule has 0 amide bonds. The van der Waals surface area contributed by atoms with E-state index in [-0.39, 0.29) is 0 Å². The van der Waals surface area contributed by atoms with Gasteiger partial charge in [0, 0.05) is 0 Å². The highest BCUT2D eigenvalue weighted by molar-refractivity contribution is 8.25. The molecule has 0 radical (unpaired) electrons. The van der Waals surface area contributed by atoms with Crippen molar-refractivity contribution >= 4 is 23.1 Å². The predicted octanol–water partition coefficient (Wildman–Crippen LogP) is 3.81. The molecule has 0 heterocycles. The van der Waals surface area contributed by atoms with Gasteiger partial charge in [0.1, 0.15) is 0 Å². The summed E-state index contributed by atoms with van der Waals surface area (Å²) in [7, 11) is 2.13. The van der Waals surface area contributed by atoms with Gasteiger partial charge in [0.15, 0.2) is 0 Å². The van der Waals surface area contributed by atoms with Crippen LogP contribution in [0.4, 0.5) is 0 Å². The largest absolute Gasteiger partial charge is 0.356 e. The Balaban J connectivity index is 2.51. The van der Waals surface area contributed by atoms with Gasteiger partial charge in [-0.1, -0.05) is 54.7 Å². The fraction of sp³-hybridized carbons (Fsp3) is 0.400. The summed E-state index contributed by atoms with van der Waals surface area (Å²) >= 11 is -0.502. The van der Waals surface area contributed by atoms with Gasteiger partial charge in [-0.25, -0.2) is 10.1 Å². The lowest BCUT2D eigenvalue weighted by molar-refractivity contribution is 1.35. The minimum atomic E-state index is -0.502. The standard InChI is InChI=1S/C6H6S.2C2H5.Al/c7-6-4-2-1-3-5-6;2*1-2;/h1-5,7H;2*1H2,2H3;/q;;;+1/p-1. The molecule has 0 unspecified atom stereocenters. The SMILES string of the molecule is C[CH2][Al]([CH2]C)[S]c1ccccc1. The third-order valence-electron chi connectivity index (χ3n) is 1.96. The predicted molar refractivity (Wildman–Crippen MR) is 59.0 cm³/mol. The van der Waals surface area contributed by atoms with Gasteiger partial charge in [-0.3, -0.25) is 0 Å². The lowest BCUT2D eigenvalue weighted by Gasteiger charge is -2.05. The number of benzene rings is 1. The van der Waals surface area contributed by atoms with Crippen LogP contribution < -0.4 is 0 Å². The molecule has 1 aromatic carbocycles. The molecule has 2 heteroatoms. The summed E-state index contributed by atoms with van der Waals surface area (Å²) in [6.07, 6.45) is 0. The molecule has 0 fully saturated rings. The Morgan fingerprint density at radius 2 is 1.67 bits per heavy atom. The van der Waals surface area contributed by atoms with E-state index in [4.69, 9.17) is 0 Å². The third kappa shape index (κ3) is 3.23. The van der Waals surface area contributed by atoms with Crippen molar-refractivity contribution in [1.82, 2.24) is 0 Å². The highest BCUT2D eigenvalue weighted by Crippen LogP contribution is 2.24. The maximum Gasteiger partial charge on any atom is 0.356 e. The molecule has 0 aliphatic rings. The van der Waals surface area contributed by atoms with Crippen molar-refractivity contribution in [2.75, 3.05) is 0 Å². The van der Waals surface area contributed by atoms with Crippen LogP contribution in [0.25, 0.3) is 0 Å². The second-order valence-corrected chi connectivity index (χ2v) is 9.16. The zero-order valence-electron chi connectivity index (χ0n) is 7.79. The van der Waals surface area contributed by atoms with Gasteiger partial charge >= 0.3 is 13.0 Å². The summed E-state index contributed by atoms with van der Waals surface area (Å²) < 4.78 is 0. The van der Waals surface area contributed by atoms with E-state index in [2.05, 4.69) is 54.3 Å². The molecular formula is C10H15AlS. The van der Waals surface area contributed by atoms with Crippen LogP contribution >= 0.6 is 10.1 Å². The average molecular weight is 194 g/mol. The molecule has 0 saturated carbocycles. The first-order valence-electron chi connectivity index (χ1n) is 4.58. The number of rotatable bonds is 4. The molecule has 0 nitrogen and oxygen atoms in total. The Bertz CT molecular complexity index is 206. The highest BCUT2D eigenvalue weighted by Gasteiger charge is 2.12. The van der Waals surface area contributed by atoms with E-state index in [1.807, 2.05) is 0 Å². The molecular weight excluding hydrogens is 179 g/mol. The van der Waals surface area contributed by atoms with Crippen LogP contribution in [0.15, 0.2) is 35.2 Å². The normalized spacial score (nSPS) is 9.83. The summed E-state index contributed by atoms with van der Waals surface area (Å²) in [5.41, 5.74) is 0. The van der Waals surface area contributed by atoms with Crippen LogP contribution in [0.5, 0.6) is 0 Å². The van der Waals surface area contributed by atoms with Gasteiger partial charge in [-0.05, 0) is 4.90 Å². The topological polar surface area (TPSA) is 0 Å². The maximum absolute atomic E-state index is 2.32. The van der Waals surface area contributed by atoms with E-state index in [9.17, 15) is 0 Å². The summed E-state index contributed by atoms with van der Waals surface area (Å²) in [6, 6.07) is 10.8. The molecule has 0 atom stereocenters. The van der Waals surface area contributed by atoms with Gasteiger partial charge in [0.2, 0.25) is 0 Å². The molecule has 64 valence electrons. The van der Waals surface area contributed by atoms with Gasteiger partial charge in [-0.2, -0.15) is 0 Å².